The van der Waals surface area contributed by atoms with Gasteiger partial charge in [-0.1, -0.05) is 54.6 Å². The molecule has 0 atom stereocenters. The SMILES string of the molecule is Cc1nccn1-c1ccccc1CNC(=O)COc1cccc2ccccc12. The van der Waals surface area contributed by atoms with E-state index in [-0.39, 0.29) is 12.5 Å². The second kappa shape index (κ2) is 7.96. The Morgan fingerprint density at radius 3 is 2.68 bits per heavy atom. The third-order valence-electron chi connectivity index (χ3n) is 4.66. The monoisotopic (exact) mass is 371 g/mol. The predicted molar refractivity (Wildman–Crippen MR) is 110 cm³/mol. The highest BCUT2D eigenvalue weighted by Crippen LogP contribution is 2.25. The quantitative estimate of drug-likeness (QED) is 0.557. The zero-order valence-electron chi connectivity index (χ0n) is 15.6. The number of rotatable bonds is 6. The van der Waals surface area contributed by atoms with Crippen molar-refractivity contribution >= 4 is 16.7 Å². The van der Waals surface area contributed by atoms with Crippen LogP contribution in [0.15, 0.2) is 79.1 Å². The number of hydrogen-bond acceptors (Lipinski definition) is 3. The normalized spacial score (nSPS) is 10.8. The van der Waals surface area contributed by atoms with Gasteiger partial charge < -0.3 is 14.6 Å². The van der Waals surface area contributed by atoms with Gasteiger partial charge in [0, 0.05) is 24.3 Å². The van der Waals surface area contributed by atoms with E-state index in [1.807, 2.05) is 84.4 Å². The Labute approximate surface area is 163 Å². The Kier molecular flexibility index (Phi) is 5.06. The summed E-state index contributed by atoms with van der Waals surface area (Å²) in [6.45, 7) is 2.35. The number of carbonyl (C=O) groups excluding carboxylic acids is 1. The number of carbonyl (C=O) groups is 1. The van der Waals surface area contributed by atoms with Gasteiger partial charge in [0.15, 0.2) is 6.61 Å². The van der Waals surface area contributed by atoms with Crippen LogP contribution >= 0.6 is 0 Å². The van der Waals surface area contributed by atoms with Gasteiger partial charge in [-0.25, -0.2) is 4.98 Å². The second-order valence-electron chi connectivity index (χ2n) is 6.52. The Morgan fingerprint density at radius 1 is 1.04 bits per heavy atom. The maximum Gasteiger partial charge on any atom is 0.258 e. The number of benzene rings is 3. The van der Waals surface area contributed by atoms with E-state index in [4.69, 9.17) is 4.74 Å². The zero-order valence-corrected chi connectivity index (χ0v) is 15.6. The van der Waals surface area contributed by atoms with Crippen molar-refractivity contribution in [1.82, 2.24) is 14.9 Å². The van der Waals surface area contributed by atoms with E-state index >= 15 is 0 Å². The fourth-order valence-corrected chi connectivity index (χ4v) is 3.24. The van der Waals surface area contributed by atoms with Crippen LogP contribution in [0.3, 0.4) is 0 Å². The lowest BCUT2D eigenvalue weighted by atomic mass is 10.1. The molecule has 5 heteroatoms. The molecule has 28 heavy (non-hydrogen) atoms. The van der Waals surface area contributed by atoms with Crippen LogP contribution in [0.4, 0.5) is 0 Å². The maximum absolute atomic E-state index is 12.3. The van der Waals surface area contributed by atoms with E-state index in [2.05, 4.69) is 10.3 Å². The van der Waals surface area contributed by atoms with Gasteiger partial charge in [-0.2, -0.15) is 0 Å². The molecule has 0 spiro atoms. The number of fused-ring (bicyclic) bond motifs is 1. The summed E-state index contributed by atoms with van der Waals surface area (Å²) in [7, 11) is 0. The first kappa shape index (κ1) is 17.8. The molecule has 0 bridgehead atoms. The number of amides is 1. The van der Waals surface area contributed by atoms with Crippen molar-refractivity contribution in [3.8, 4) is 11.4 Å². The van der Waals surface area contributed by atoms with Crippen molar-refractivity contribution in [3.63, 3.8) is 0 Å². The molecule has 0 fully saturated rings. The van der Waals surface area contributed by atoms with Crippen LogP contribution in [0, 0.1) is 6.92 Å². The molecule has 0 unspecified atom stereocenters. The van der Waals surface area contributed by atoms with Crippen molar-refractivity contribution < 1.29 is 9.53 Å². The first-order chi connectivity index (χ1) is 13.7. The number of nitrogens with one attached hydrogen (secondary N) is 1. The molecule has 0 saturated heterocycles. The summed E-state index contributed by atoms with van der Waals surface area (Å²) in [4.78, 5) is 16.6. The fraction of sp³-hybridized carbons (Fsp3) is 0.130. The highest BCUT2D eigenvalue weighted by atomic mass is 16.5. The van der Waals surface area contributed by atoms with Crippen LogP contribution in [0.25, 0.3) is 16.5 Å². The lowest BCUT2D eigenvalue weighted by molar-refractivity contribution is -0.123. The number of aryl methyl sites for hydroxylation is 1. The van der Waals surface area contributed by atoms with Crippen LogP contribution in [-0.4, -0.2) is 22.1 Å². The molecule has 140 valence electrons. The largest absolute Gasteiger partial charge is 0.483 e. The number of hydrogen-bond donors (Lipinski definition) is 1. The number of nitrogens with zero attached hydrogens (tertiary/aromatic N) is 2. The van der Waals surface area contributed by atoms with Crippen molar-refractivity contribution in [3.05, 3.63) is 90.5 Å². The third-order valence-corrected chi connectivity index (χ3v) is 4.66. The highest BCUT2D eigenvalue weighted by molar-refractivity contribution is 5.88. The average Bonchev–Trinajstić information content (AvgIpc) is 3.16. The topological polar surface area (TPSA) is 56.2 Å². The third kappa shape index (κ3) is 3.74. The molecule has 3 aromatic carbocycles. The number of imidazole rings is 1. The Balaban J connectivity index is 1.41. The van der Waals surface area contributed by atoms with Crippen molar-refractivity contribution in [1.29, 1.82) is 0 Å². The molecule has 0 radical (unpaired) electrons. The van der Waals surface area contributed by atoms with E-state index in [0.717, 1.165) is 27.8 Å². The summed E-state index contributed by atoms with van der Waals surface area (Å²) in [6.07, 6.45) is 3.68. The van der Waals surface area contributed by atoms with Gasteiger partial charge in [0.2, 0.25) is 0 Å². The summed E-state index contributed by atoms with van der Waals surface area (Å²) < 4.78 is 7.77. The Hall–Kier alpha value is -3.60. The molecular weight excluding hydrogens is 350 g/mol. The van der Waals surface area contributed by atoms with Gasteiger partial charge in [0.05, 0.1) is 5.69 Å². The molecule has 5 nitrogen and oxygen atoms in total. The minimum atomic E-state index is -0.162. The van der Waals surface area contributed by atoms with Crippen molar-refractivity contribution in [2.24, 2.45) is 0 Å². The summed E-state index contributed by atoms with van der Waals surface area (Å²) in [5, 5.41) is 5.03. The minimum Gasteiger partial charge on any atom is -0.483 e. The lowest BCUT2D eigenvalue weighted by Crippen LogP contribution is -2.28. The van der Waals surface area contributed by atoms with Gasteiger partial charge in [0.1, 0.15) is 11.6 Å². The van der Waals surface area contributed by atoms with Crippen LogP contribution in [-0.2, 0) is 11.3 Å². The predicted octanol–water partition coefficient (Wildman–Crippen LogP) is 4.03. The van der Waals surface area contributed by atoms with E-state index in [1.165, 1.54) is 0 Å². The van der Waals surface area contributed by atoms with Crippen LogP contribution in [0.2, 0.25) is 0 Å². The summed E-state index contributed by atoms with van der Waals surface area (Å²) in [5.74, 6) is 1.45. The highest BCUT2D eigenvalue weighted by Gasteiger charge is 2.09. The summed E-state index contributed by atoms with van der Waals surface area (Å²) >= 11 is 0. The van der Waals surface area contributed by atoms with E-state index in [9.17, 15) is 4.79 Å². The standard InChI is InChI=1S/C23H21N3O2/c1-17-24-13-14-26(17)21-11-5-3-8-19(21)15-25-23(27)16-28-22-12-6-9-18-7-2-4-10-20(18)22/h2-14H,15-16H2,1H3,(H,25,27). The zero-order chi connectivity index (χ0) is 19.3. The lowest BCUT2D eigenvalue weighted by Gasteiger charge is -2.13. The van der Waals surface area contributed by atoms with E-state index in [0.29, 0.717) is 12.3 Å². The summed E-state index contributed by atoms with van der Waals surface area (Å²) in [6, 6.07) is 21.8. The smallest absolute Gasteiger partial charge is 0.258 e. The molecule has 4 rings (SSSR count). The molecule has 0 saturated carbocycles. The van der Waals surface area contributed by atoms with E-state index in [1.54, 1.807) is 6.20 Å². The molecule has 4 aromatic rings. The molecule has 1 amide bonds. The molecule has 0 aliphatic heterocycles. The molecule has 0 aliphatic carbocycles. The molecule has 1 aromatic heterocycles. The molecular formula is C23H21N3O2. The van der Waals surface area contributed by atoms with Gasteiger partial charge in [-0.3, -0.25) is 4.79 Å². The molecule has 1 heterocycles. The van der Waals surface area contributed by atoms with Gasteiger partial charge in [-0.15, -0.1) is 0 Å². The van der Waals surface area contributed by atoms with Crippen LogP contribution < -0.4 is 10.1 Å². The van der Waals surface area contributed by atoms with Gasteiger partial charge in [-0.05, 0) is 30.0 Å². The summed E-state index contributed by atoms with van der Waals surface area (Å²) in [5.41, 5.74) is 2.02. The average molecular weight is 371 g/mol. The fourth-order valence-electron chi connectivity index (χ4n) is 3.24. The first-order valence-electron chi connectivity index (χ1n) is 9.18. The van der Waals surface area contributed by atoms with Gasteiger partial charge >= 0.3 is 0 Å². The van der Waals surface area contributed by atoms with E-state index < -0.39 is 0 Å². The van der Waals surface area contributed by atoms with Crippen molar-refractivity contribution in [2.45, 2.75) is 13.5 Å². The van der Waals surface area contributed by atoms with Crippen molar-refractivity contribution in [2.75, 3.05) is 6.61 Å². The number of aromatic nitrogens is 2. The number of ether oxygens (including phenoxy) is 1. The Bertz CT molecular complexity index is 1110. The van der Waals surface area contributed by atoms with Crippen LogP contribution in [0.1, 0.15) is 11.4 Å². The first-order valence-corrected chi connectivity index (χ1v) is 9.18. The maximum atomic E-state index is 12.3. The molecule has 0 aliphatic rings. The van der Waals surface area contributed by atoms with Gasteiger partial charge in [0.25, 0.3) is 5.91 Å². The Morgan fingerprint density at radius 2 is 1.82 bits per heavy atom. The minimum absolute atomic E-state index is 0.0275. The van der Waals surface area contributed by atoms with Crippen LogP contribution in [0.5, 0.6) is 5.75 Å². The number of para-hydroxylation sites is 1. The molecule has 1 N–H and O–H groups in total. The second-order valence-corrected chi connectivity index (χ2v) is 6.52.